The fourth-order valence-electron chi connectivity index (χ4n) is 4.07. The van der Waals surface area contributed by atoms with Crippen LogP contribution in [0.4, 0.5) is 5.13 Å². The number of rotatable bonds is 4. The highest BCUT2D eigenvalue weighted by molar-refractivity contribution is 7.13. The molecule has 148 valence electrons. The van der Waals surface area contributed by atoms with Crippen LogP contribution in [0.5, 0.6) is 0 Å². The van der Waals surface area contributed by atoms with Gasteiger partial charge in [-0.15, -0.1) is 11.3 Å². The van der Waals surface area contributed by atoms with E-state index in [4.69, 9.17) is 5.73 Å². The van der Waals surface area contributed by atoms with Crippen molar-refractivity contribution in [1.82, 2.24) is 14.8 Å². The standard InChI is InChI=1S/C20H26N6OS/c1-24-17(27)13-16(18(24)15-5-3-2-4-6-15)14-23-19(21)25-8-10-26(11-9-25)20-22-7-12-28-20/h2-7,12,16,18H,8-11,13-14H2,1H3,(H2,21,23). The molecule has 2 fully saturated rings. The number of anilines is 1. The van der Waals surface area contributed by atoms with Gasteiger partial charge in [0, 0.05) is 63.7 Å². The molecule has 0 spiro atoms. The highest BCUT2D eigenvalue weighted by Crippen LogP contribution is 2.37. The van der Waals surface area contributed by atoms with Crippen LogP contribution in [0.15, 0.2) is 46.9 Å². The largest absolute Gasteiger partial charge is 0.370 e. The Labute approximate surface area is 169 Å². The zero-order valence-corrected chi connectivity index (χ0v) is 16.9. The number of piperazine rings is 1. The number of aromatic nitrogens is 1. The maximum absolute atomic E-state index is 12.3. The number of aliphatic imine (C=N–C) groups is 1. The molecule has 0 bridgehead atoms. The Morgan fingerprint density at radius 3 is 2.68 bits per heavy atom. The maximum Gasteiger partial charge on any atom is 0.223 e. The molecular formula is C20H26N6OS. The number of likely N-dealkylation sites (tertiary alicyclic amines) is 1. The molecule has 0 radical (unpaired) electrons. The SMILES string of the molecule is CN1C(=O)CC(CN=C(N)N2CCN(c3nccs3)CC2)C1c1ccccc1. The van der Waals surface area contributed by atoms with E-state index in [2.05, 4.69) is 31.9 Å². The summed E-state index contributed by atoms with van der Waals surface area (Å²) in [6, 6.07) is 10.3. The Kier molecular flexibility index (Phi) is 5.47. The van der Waals surface area contributed by atoms with Crippen LogP contribution in [0.2, 0.25) is 0 Å². The second-order valence-electron chi connectivity index (χ2n) is 7.31. The molecule has 2 aromatic rings. The molecule has 1 amide bonds. The Bertz CT molecular complexity index is 816. The lowest BCUT2D eigenvalue weighted by Crippen LogP contribution is -2.51. The van der Waals surface area contributed by atoms with Crippen LogP contribution in [-0.2, 0) is 4.79 Å². The van der Waals surface area contributed by atoms with Crippen molar-refractivity contribution in [3.05, 3.63) is 47.5 Å². The lowest BCUT2D eigenvalue weighted by molar-refractivity contribution is -0.127. The van der Waals surface area contributed by atoms with Crippen molar-refractivity contribution < 1.29 is 4.79 Å². The zero-order valence-electron chi connectivity index (χ0n) is 16.1. The van der Waals surface area contributed by atoms with Gasteiger partial charge in [0.1, 0.15) is 0 Å². The maximum atomic E-state index is 12.3. The summed E-state index contributed by atoms with van der Waals surface area (Å²) in [7, 11) is 1.88. The van der Waals surface area contributed by atoms with Gasteiger partial charge in [0.05, 0.1) is 6.04 Å². The predicted molar refractivity (Wildman–Crippen MR) is 112 cm³/mol. The van der Waals surface area contributed by atoms with E-state index < -0.39 is 0 Å². The minimum absolute atomic E-state index is 0.0620. The van der Waals surface area contributed by atoms with Crippen LogP contribution in [0.1, 0.15) is 18.0 Å². The average molecular weight is 399 g/mol. The van der Waals surface area contributed by atoms with Crippen molar-refractivity contribution >= 4 is 28.3 Å². The van der Waals surface area contributed by atoms with Crippen LogP contribution in [0.3, 0.4) is 0 Å². The second-order valence-corrected chi connectivity index (χ2v) is 8.19. The summed E-state index contributed by atoms with van der Waals surface area (Å²) in [5.74, 6) is 0.896. The molecule has 2 unspecified atom stereocenters. The third kappa shape index (κ3) is 3.82. The van der Waals surface area contributed by atoms with E-state index >= 15 is 0 Å². The van der Waals surface area contributed by atoms with Crippen molar-refractivity contribution in [3.8, 4) is 0 Å². The first-order chi connectivity index (χ1) is 13.6. The molecular weight excluding hydrogens is 372 g/mol. The topological polar surface area (TPSA) is 78.1 Å². The van der Waals surface area contributed by atoms with Crippen molar-refractivity contribution in [2.45, 2.75) is 12.5 Å². The molecule has 8 heteroatoms. The number of carbonyl (C=O) groups is 1. The zero-order chi connectivity index (χ0) is 19.5. The number of nitrogens with two attached hydrogens (primary N) is 1. The molecule has 4 rings (SSSR count). The van der Waals surface area contributed by atoms with Crippen molar-refractivity contribution in [2.75, 3.05) is 44.7 Å². The van der Waals surface area contributed by atoms with E-state index in [-0.39, 0.29) is 17.9 Å². The van der Waals surface area contributed by atoms with Gasteiger partial charge in [-0.05, 0) is 5.56 Å². The van der Waals surface area contributed by atoms with Gasteiger partial charge < -0.3 is 20.4 Å². The first-order valence-electron chi connectivity index (χ1n) is 9.63. The van der Waals surface area contributed by atoms with Gasteiger partial charge in [-0.25, -0.2) is 4.98 Å². The number of nitrogens with zero attached hydrogens (tertiary/aromatic N) is 5. The van der Waals surface area contributed by atoms with E-state index in [0.29, 0.717) is 18.9 Å². The van der Waals surface area contributed by atoms with Crippen molar-refractivity contribution in [1.29, 1.82) is 0 Å². The summed E-state index contributed by atoms with van der Waals surface area (Å²) in [5.41, 5.74) is 7.45. The third-order valence-electron chi connectivity index (χ3n) is 5.62. The van der Waals surface area contributed by atoms with Gasteiger partial charge in [-0.2, -0.15) is 0 Å². The van der Waals surface area contributed by atoms with Crippen molar-refractivity contribution in [2.24, 2.45) is 16.6 Å². The monoisotopic (exact) mass is 398 g/mol. The Morgan fingerprint density at radius 1 is 1.25 bits per heavy atom. The minimum atomic E-state index is 0.0620. The van der Waals surface area contributed by atoms with E-state index in [1.54, 1.807) is 11.3 Å². The Hall–Kier alpha value is -2.61. The molecule has 0 saturated carbocycles. The fourth-order valence-corrected chi connectivity index (χ4v) is 4.77. The summed E-state index contributed by atoms with van der Waals surface area (Å²) in [6.45, 7) is 4.01. The molecule has 2 atom stereocenters. The van der Waals surface area contributed by atoms with Gasteiger partial charge in [-0.3, -0.25) is 9.79 Å². The number of amides is 1. The van der Waals surface area contributed by atoms with E-state index in [9.17, 15) is 4.79 Å². The van der Waals surface area contributed by atoms with Crippen LogP contribution in [-0.4, -0.2) is 66.4 Å². The summed E-state index contributed by atoms with van der Waals surface area (Å²) in [5, 5.41) is 3.06. The second kappa shape index (κ2) is 8.18. The first kappa shape index (κ1) is 18.7. The minimum Gasteiger partial charge on any atom is -0.370 e. The summed E-state index contributed by atoms with van der Waals surface area (Å²) in [4.78, 5) is 27.6. The lowest BCUT2D eigenvalue weighted by Gasteiger charge is -2.35. The highest BCUT2D eigenvalue weighted by Gasteiger charge is 2.38. The Balaban J connectivity index is 1.38. The third-order valence-corrected chi connectivity index (χ3v) is 6.45. The molecule has 2 N–H and O–H groups in total. The van der Waals surface area contributed by atoms with Crippen LogP contribution < -0.4 is 10.6 Å². The van der Waals surface area contributed by atoms with E-state index in [1.165, 1.54) is 0 Å². The van der Waals surface area contributed by atoms with Gasteiger partial charge >= 0.3 is 0 Å². The van der Waals surface area contributed by atoms with Crippen LogP contribution in [0, 0.1) is 5.92 Å². The Morgan fingerprint density at radius 2 is 2.00 bits per heavy atom. The lowest BCUT2D eigenvalue weighted by atomic mass is 9.94. The normalized spacial score (nSPS) is 23.5. The van der Waals surface area contributed by atoms with Crippen LogP contribution in [0.25, 0.3) is 0 Å². The van der Waals surface area contributed by atoms with E-state index in [0.717, 1.165) is 36.9 Å². The molecule has 0 aliphatic carbocycles. The van der Waals surface area contributed by atoms with Gasteiger partial charge in [0.25, 0.3) is 0 Å². The number of benzene rings is 1. The quantitative estimate of drug-likeness (QED) is 0.628. The smallest absolute Gasteiger partial charge is 0.223 e. The fraction of sp³-hybridized carbons (Fsp3) is 0.450. The molecule has 2 saturated heterocycles. The van der Waals surface area contributed by atoms with Gasteiger partial charge in [0.2, 0.25) is 5.91 Å². The van der Waals surface area contributed by atoms with E-state index in [1.807, 2.05) is 41.7 Å². The molecule has 2 aliphatic rings. The molecule has 28 heavy (non-hydrogen) atoms. The number of thiazole rings is 1. The summed E-state index contributed by atoms with van der Waals surface area (Å²) < 4.78 is 0. The molecule has 3 heterocycles. The number of hydrogen-bond acceptors (Lipinski definition) is 5. The molecule has 1 aromatic heterocycles. The van der Waals surface area contributed by atoms with Gasteiger partial charge in [-0.1, -0.05) is 30.3 Å². The van der Waals surface area contributed by atoms with Gasteiger partial charge in [0.15, 0.2) is 11.1 Å². The number of hydrogen-bond donors (Lipinski definition) is 1. The van der Waals surface area contributed by atoms with Crippen LogP contribution >= 0.6 is 11.3 Å². The molecule has 2 aliphatic heterocycles. The average Bonchev–Trinajstić information content (AvgIpc) is 3.36. The molecule has 1 aromatic carbocycles. The number of carbonyl (C=O) groups excluding carboxylic acids is 1. The summed E-state index contributed by atoms with van der Waals surface area (Å²) in [6.07, 6.45) is 2.36. The predicted octanol–water partition coefficient (Wildman–Crippen LogP) is 1.80. The summed E-state index contributed by atoms with van der Waals surface area (Å²) >= 11 is 1.66. The highest BCUT2D eigenvalue weighted by atomic mass is 32.1. The molecule has 7 nitrogen and oxygen atoms in total. The van der Waals surface area contributed by atoms with Crippen molar-refractivity contribution in [3.63, 3.8) is 0 Å². The number of guanidine groups is 1. The first-order valence-corrected chi connectivity index (χ1v) is 10.5.